The number of halogens is 1. The number of nitriles is 1. The topological polar surface area (TPSA) is 69.7 Å². The first kappa shape index (κ1) is 18.8. The van der Waals surface area contributed by atoms with Crippen LogP contribution < -0.4 is 9.88 Å². The Morgan fingerprint density at radius 3 is 2.28 bits per heavy atom. The molecule has 4 rings (SSSR count). The number of thiol groups is 1. The van der Waals surface area contributed by atoms with E-state index in [1.807, 2.05) is 24.3 Å². The highest BCUT2D eigenvalue weighted by atomic mass is 32.1. The van der Waals surface area contributed by atoms with Crippen molar-refractivity contribution < 1.29 is 13.8 Å². The van der Waals surface area contributed by atoms with Crippen LogP contribution in [0.1, 0.15) is 17.5 Å². The summed E-state index contributed by atoms with van der Waals surface area (Å²) in [5.41, 5.74) is 2.98. The van der Waals surface area contributed by atoms with E-state index >= 15 is 0 Å². The Balaban J connectivity index is 1.78. The van der Waals surface area contributed by atoms with Crippen molar-refractivity contribution in [3.63, 3.8) is 0 Å². The first-order valence-corrected chi connectivity index (χ1v) is 9.34. The first-order valence-electron chi connectivity index (χ1n) is 8.89. The Kier molecular flexibility index (Phi) is 5.10. The zero-order chi connectivity index (χ0) is 20.4. The second-order valence-electron chi connectivity index (χ2n) is 6.61. The molecule has 0 saturated carbocycles. The summed E-state index contributed by atoms with van der Waals surface area (Å²) in [7, 11) is 0. The second kappa shape index (κ2) is 7.86. The largest absolute Gasteiger partial charge is 0.314 e. The standard InChI is InChI=1S/C22H15FN4OS/c23-17-3-1-16(2-4-17)19-18(13-24)22(29)26-21(28)20(19)27-11-7-15(8-12-27)14-5-9-25-10-6-14/h1-12,19-20H,(H-,26,28,29)/p+1/t19-,20-/m0/s1. The highest BCUT2D eigenvalue weighted by molar-refractivity contribution is 7.84. The smallest absolute Gasteiger partial charge is 0.294 e. The molecule has 7 heteroatoms. The molecule has 5 nitrogen and oxygen atoms in total. The average Bonchev–Trinajstić information content (AvgIpc) is 2.75. The number of nitrogens with one attached hydrogen (secondary N) is 1. The van der Waals surface area contributed by atoms with Crippen LogP contribution >= 0.6 is 12.6 Å². The average molecular weight is 403 g/mol. The molecule has 1 aromatic carbocycles. The molecule has 3 aromatic rings. The summed E-state index contributed by atoms with van der Waals surface area (Å²) in [4.78, 5) is 16.9. The number of allylic oxidation sites excluding steroid dienone is 1. The van der Waals surface area contributed by atoms with Crippen LogP contribution in [0, 0.1) is 17.1 Å². The van der Waals surface area contributed by atoms with Gasteiger partial charge in [-0.15, -0.1) is 12.6 Å². The summed E-state index contributed by atoms with van der Waals surface area (Å²) < 4.78 is 15.2. The van der Waals surface area contributed by atoms with E-state index in [2.05, 4.69) is 29.0 Å². The minimum atomic E-state index is -0.711. The number of hydrogen-bond acceptors (Lipinski definition) is 4. The van der Waals surface area contributed by atoms with E-state index in [9.17, 15) is 14.4 Å². The molecule has 3 heterocycles. The van der Waals surface area contributed by atoms with E-state index < -0.39 is 12.0 Å². The molecule has 2 atom stereocenters. The van der Waals surface area contributed by atoms with Gasteiger partial charge >= 0.3 is 0 Å². The van der Waals surface area contributed by atoms with Crippen molar-refractivity contribution in [2.45, 2.75) is 12.0 Å². The van der Waals surface area contributed by atoms with Gasteiger partial charge in [0.1, 0.15) is 5.82 Å². The molecule has 2 aromatic heterocycles. The molecule has 29 heavy (non-hydrogen) atoms. The molecule has 0 unspecified atom stereocenters. The number of nitrogens with zero attached hydrogens (tertiary/aromatic N) is 3. The number of rotatable bonds is 3. The van der Waals surface area contributed by atoms with Gasteiger partial charge in [-0.25, -0.2) is 4.39 Å². The maximum atomic E-state index is 13.4. The SMILES string of the molecule is N#CC1=C(S)NC(=O)[C@@H]([n+]2ccc(-c3ccncc3)cc2)[C@H]1c1ccc(F)cc1. The van der Waals surface area contributed by atoms with Gasteiger partial charge in [0, 0.05) is 24.5 Å². The van der Waals surface area contributed by atoms with E-state index in [4.69, 9.17) is 0 Å². The molecule has 1 aliphatic rings. The van der Waals surface area contributed by atoms with Crippen LogP contribution in [0.5, 0.6) is 0 Å². The Morgan fingerprint density at radius 2 is 1.66 bits per heavy atom. The van der Waals surface area contributed by atoms with Crippen molar-refractivity contribution in [2.75, 3.05) is 0 Å². The normalized spacial score (nSPS) is 18.9. The molecule has 0 radical (unpaired) electrons. The Labute approximate surface area is 172 Å². The summed E-state index contributed by atoms with van der Waals surface area (Å²) in [6.45, 7) is 0. The van der Waals surface area contributed by atoms with Crippen LogP contribution in [-0.2, 0) is 4.79 Å². The zero-order valence-corrected chi connectivity index (χ0v) is 16.1. The summed E-state index contributed by atoms with van der Waals surface area (Å²) in [5, 5.41) is 12.6. The predicted molar refractivity (Wildman–Crippen MR) is 108 cm³/mol. The van der Waals surface area contributed by atoms with Gasteiger partial charge < -0.3 is 5.32 Å². The molecule has 0 spiro atoms. The van der Waals surface area contributed by atoms with E-state index in [1.54, 1.807) is 41.5 Å². The van der Waals surface area contributed by atoms with Crippen LogP contribution in [0.15, 0.2) is 83.9 Å². The van der Waals surface area contributed by atoms with Crippen molar-refractivity contribution >= 4 is 18.5 Å². The van der Waals surface area contributed by atoms with Crippen LogP contribution in [0.2, 0.25) is 0 Å². The number of aromatic nitrogens is 2. The molecule has 0 bridgehead atoms. The summed E-state index contributed by atoms with van der Waals surface area (Å²) in [5.74, 6) is -1.25. The highest BCUT2D eigenvalue weighted by Crippen LogP contribution is 2.37. The molecule has 0 fully saturated rings. The predicted octanol–water partition coefficient (Wildman–Crippen LogP) is 3.29. The fourth-order valence-electron chi connectivity index (χ4n) is 3.52. The third-order valence-electron chi connectivity index (χ3n) is 4.93. The van der Waals surface area contributed by atoms with Crippen molar-refractivity contribution in [1.29, 1.82) is 5.26 Å². The third-order valence-corrected chi connectivity index (χ3v) is 5.28. The zero-order valence-electron chi connectivity index (χ0n) is 15.2. The number of amides is 1. The van der Waals surface area contributed by atoms with Crippen LogP contribution in [-0.4, -0.2) is 10.9 Å². The molecular formula is C22H16FN4OS+. The first-order chi connectivity index (χ1) is 14.1. The quantitative estimate of drug-likeness (QED) is 0.521. The lowest BCUT2D eigenvalue weighted by Gasteiger charge is -2.27. The Hall–Kier alpha value is -3.50. The minimum absolute atomic E-state index is 0.220. The Bertz CT molecular complexity index is 1120. The Morgan fingerprint density at radius 1 is 1.03 bits per heavy atom. The van der Waals surface area contributed by atoms with Gasteiger partial charge in [-0.2, -0.15) is 9.83 Å². The molecule has 1 amide bonds. The lowest BCUT2D eigenvalue weighted by molar-refractivity contribution is -0.711. The van der Waals surface area contributed by atoms with Crippen molar-refractivity contribution in [3.8, 4) is 17.2 Å². The summed E-state index contributed by atoms with van der Waals surface area (Å²) in [6.07, 6.45) is 7.03. The molecule has 0 saturated heterocycles. The number of carbonyl (C=O) groups is 1. The molecule has 0 aliphatic carbocycles. The fraction of sp³-hybridized carbons (Fsp3) is 0.0909. The van der Waals surface area contributed by atoms with E-state index in [-0.39, 0.29) is 16.8 Å². The van der Waals surface area contributed by atoms with Gasteiger partial charge in [0.15, 0.2) is 12.4 Å². The van der Waals surface area contributed by atoms with E-state index in [0.29, 0.717) is 11.1 Å². The van der Waals surface area contributed by atoms with Crippen molar-refractivity contribution in [3.05, 3.63) is 95.3 Å². The highest BCUT2D eigenvalue weighted by Gasteiger charge is 2.44. The summed E-state index contributed by atoms with van der Waals surface area (Å²) >= 11 is 4.28. The van der Waals surface area contributed by atoms with Gasteiger partial charge in [-0.3, -0.25) is 9.78 Å². The van der Waals surface area contributed by atoms with Gasteiger partial charge in [0.05, 0.1) is 22.6 Å². The molecular weight excluding hydrogens is 387 g/mol. The van der Waals surface area contributed by atoms with E-state index in [0.717, 1.165) is 11.1 Å². The minimum Gasteiger partial charge on any atom is -0.314 e. The molecule has 142 valence electrons. The number of hydrogen-bond donors (Lipinski definition) is 2. The van der Waals surface area contributed by atoms with Crippen LogP contribution in [0.25, 0.3) is 11.1 Å². The number of pyridine rings is 2. The van der Waals surface area contributed by atoms with Crippen molar-refractivity contribution in [1.82, 2.24) is 10.3 Å². The number of benzene rings is 1. The van der Waals surface area contributed by atoms with Gasteiger partial charge in [-0.05, 0) is 41.0 Å². The van der Waals surface area contributed by atoms with Crippen molar-refractivity contribution in [2.24, 2.45) is 0 Å². The van der Waals surface area contributed by atoms with Crippen LogP contribution in [0.3, 0.4) is 0 Å². The van der Waals surface area contributed by atoms with Gasteiger partial charge in [-0.1, -0.05) is 12.1 Å². The van der Waals surface area contributed by atoms with Gasteiger partial charge in [0.25, 0.3) is 5.91 Å². The lowest BCUT2D eigenvalue weighted by atomic mass is 9.83. The monoisotopic (exact) mass is 403 g/mol. The maximum absolute atomic E-state index is 13.4. The fourth-order valence-corrected chi connectivity index (χ4v) is 3.82. The van der Waals surface area contributed by atoms with Crippen LogP contribution in [0.4, 0.5) is 4.39 Å². The molecule has 1 N–H and O–H groups in total. The number of carbonyl (C=O) groups excluding carboxylic acids is 1. The van der Waals surface area contributed by atoms with E-state index in [1.165, 1.54) is 12.1 Å². The maximum Gasteiger partial charge on any atom is 0.294 e. The molecule has 1 aliphatic heterocycles. The third kappa shape index (κ3) is 3.62. The second-order valence-corrected chi connectivity index (χ2v) is 7.05. The lowest BCUT2D eigenvalue weighted by Crippen LogP contribution is -2.53. The van der Waals surface area contributed by atoms with Gasteiger partial charge in [0.2, 0.25) is 6.04 Å². The summed E-state index contributed by atoms with van der Waals surface area (Å²) in [6, 6.07) is 14.9.